The molecule has 1 aliphatic rings. The van der Waals surface area contributed by atoms with Gasteiger partial charge in [0.05, 0.1) is 6.61 Å². The van der Waals surface area contributed by atoms with Crippen LogP contribution in [0.3, 0.4) is 0 Å². The van der Waals surface area contributed by atoms with Crippen molar-refractivity contribution in [3.63, 3.8) is 0 Å². The Labute approximate surface area is 134 Å². The standard InChI is InChI=1S/C17H20FN3O2/c18-15-3-1-2-4-16(15)23-12-13-6-9-21(10-7-13)11-14-5-8-19-20-17(14)22/h1-5,8,13H,6-7,9-12H2,(H,20,22). The SMILES string of the molecule is O=c1[nH]nccc1CN1CCC(COc2ccccc2F)CC1. The molecule has 1 aliphatic heterocycles. The van der Waals surface area contributed by atoms with Crippen LogP contribution in [0.5, 0.6) is 5.75 Å². The number of nitrogens with one attached hydrogen (secondary N) is 1. The van der Waals surface area contributed by atoms with E-state index in [4.69, 9.17) is 4.74 Å². The van der Waals surface area contributed by atoms with Crippen molar-refractivity contribution in [2.75, 3.05) is 19.7 Å². The molecule has 122 valence electrons. The molecule has 0 bridgehead atoms. The Morgan fingerprint density at radius 3 is 2.78 bits per heavy atom. The number of halogens is 1. The van der Waals surface area contributed by atoms with Gasteiger partial charge in [0.2, 0.25) is 0 Å². The lowest BCUT2D eigenvalue weighted by molar-refractivity contribution is 0.134. The summed E-state index contributed by atoms with van der Waals surface area (Å²) in [6.45, 7) is 2.99. The molecule has 23 heavy (non-hydrogen) atoms. The number of rotatable bonds is 5. The van der Waals surface area contributed by atoms with E-state index < -0.39 is 0 Å². The highest BCUT2D eigenvalue weighted by atomic mass is 19.1. The first-order valence-electron chi connectivity index (χ1n) is 7.84. The predicted molar refractivity (Wildman–Crippen MR) is 84.8 cm³/mol. The van der Waals surface area contributed by atoms with Crippen LogP contribution in [0.2, 0.25) is 0 Å². The number of ether oxygens (including phenoxy) is 1. The van der Waals surface area contributed by atoms with Crippen LogP contribution in [0.1, 0.15) is 18.4 Å². The first-order valence-corrected chi connectivity index (χ1v) is 7.84. The molecule has 1 aromatic heterocycles. The van der Waals surface area contributed by atoms with E-state index >= 15 is 0 Å². The lowest BCUT2D eigenvalue weighted by Gasteiger charge is -2.31. The molecule has 1 saturated heterocycles. The minimum atomic E-state index is -0.318. The Balaban J connectivity index is 1.46. The van der Waals surface area contributed by atoms with Crippen LogP contribution in [0.15, 0.2) is 41.3 Å². The number of para-hydroxylation sites is 1. The summed E-state index contributed by atoms with van der Waals surface area (Å²) in [6.07, 6.45) is 3.57. The second-order valence-electron chi connectivity index (χ2n) is 5.87. The molecular formula is C17H20FN3O2. The average Bonchev–Trinajstić information content (AvgIpc) is 2.57. The molecule has 1 N–H and O–H groups in total. The van der Waals surface area contributed by atoms with Gasteiger partial charge in [-0.2, -0.15) is 5.10 Å². The van der Waals surface area contributed by atoms with E-state index in [2.05, 4.69) is 15.1 Å². The van der Waals surface area contributed by atoms with Crippen molar-refractivity contribution >= 4 is 0 Å². The number of aromatic amines is 1. The molecule has 0 atom stereocenters. The molecule has 6 heteroatoms. The van der Waals surface area contributed by atoms with Gasteiger partial charge in [0.25, 0.3) is 5.56 Å². The van der Waals surface area contributed by atoms with Crippen LogP contribution in [0.25, 0.3) is 0 Å². The molecule has 0 radical (unpaired) electrons. The molecule has 1 fully saturated rings. The van der Waals surface area contributed by atoms with Crippen LogP contribution < -0.4 is 10.3 Å². The maximum atomic E-state index is 13.5. The van der Waals surface area contributed by atoms with Crippen molar-refractivity contribution < 1.29 is 9.13 Å². The Hall–Kier alpha value is -2.21. The van der Waals surface area contributed by atoms with Crippen molar-refractivity contribution in [2.24, 2.45) is 5.92 Å². The Kier molecular flexibility index (Phi) is 5.02. The summed E-state index contributed by atoms with van der Waals surface area (Å²) in [5.41, 5.74) is 0.610. The van der Waals surface area contributed by atoms with Crippen LogP contribution in [-0.2, 0) is 6.54 Å². The van der Waals surface area contributed by atoms with Gasteiger partial charge in [-0.15, -0.1) is 0 Å². The normalized spacial score (nSPS) is 16.4. The molecule has 0 spiro atoms. The third kappa shape index (κ3) is 4.16. The molecule has 0 unspecified atom stereocenters. The lowest BCUT2D eigenvalue weighted by atomic mass is 9.97. The van der Waals surface area contributed by atoms with E-state index in [1.807, 2.05) is 0 Å². The predicted octanol–water partition coefficient (Wildman–Crippen LogP) is 2.20. The average molecular weight is 317 g/mol. The largest absolute Gasteiger partial charge is 0.490 e. The molecule has 0 amide bonds. The van der Waals surface area contributed by atoms with E-state index in [0.29, 0.717) is 24.8 Å². The van der Waals surface area contributed by atoms with Crippen molar-refractivity contribution in [1.82, 2.24) is 15.1 Å². The van der Waals surface area contributed by atoms with Crippen molar-refractivity contribution in [2.45, 2.75) is 19.4 Å². The van der Waals surface area contributed by atoms with Gasteiger partial charge >= 0.3 is 0 Å². The lowest BCUT2D eigenvalue weighted by Crippen LogP contribution is -2.36. The van der Waals surface area contributed by atoms with Crippen molar-refractivity contribution in [3.05, 3.63) is 58.3 Å². The Morgan fingerprint density at radius 2 is 2.04 bits per heavy atom. The number of likely N-dealkylation sites (tertiary alicyclic amines) is 1. The van der Waals surface area contributed by atoms with E-state index in [-0.39, 0.29) is 11.4 Å². The number of benzene rings is 1. The summed E-state index contributed by atoms with van der Waals surface area (Å²) in [5, 5.41) is 6.16. The fourth-order valence-electron chi connectivity index (χ4n) is 2.82. The van der Waals surface area contributed by atoms with Crippen LogP contribution in [0.4, 0.5) is 4.39 Å². The fraction of sp³-hybridized carbons (Fsp3) is 0.412. The zero-order chi connectivity index (χ0) is 16.1. The first-order chi connectivity index (χ1) is 11.2. The summed E-state index contributed by atoms with van der Waals surface area (Å²) in [4.78, 5) is 13.9. The summed E-state index contributed by atoms with van der Waals surface area (Å²) >= 11 is 0. The van der Waals surface area contributed by atoms with Crippen LogP contribution >= 0.6 is 0 Å². The number of aromatic nitrogens is 2. The van der Waals surface area contributed by atoms with E-state index in [0.717, 1.165) is 31.5 Å². The van der Waals surface area contributed by atoms with Gasteiger partial charge in [0, 0.05) is 18.3 Å². The maximum Gasteiger partial charge on any atom is 0.268 e. The minimum absolute atomic E-state index is 0.127. The quantitative estimate of drug-likeness (QED) is 0.918. The van der Waals surface area contributed by atoms with Crippen molar-refractivity contribution in [3.8, 4) is 5.75 Å². The van der Waals surface area contributed by atoms with Gasteiger partial charge in [0.1, 0.15) is 0 Å². The van der Waals surface area contributed by atoms with Gasteiger partial charge in [-0.05, 0) is 50.0 Å². The van der Waals surface area contributed by atoms with E-state index in [1.165, 1.54) is 6.07 Å². The highest BCUT2D eigenvalue weighted by molar-refractivity contribution is 5.23. The maximum absolute atomic E-state index is 13.5. The van der Waals surface area contributed by atoms with Crippen LogP contribution in [0, 0.1) is 11.7 Å². The number of hydrogen-bond acceptors (Lipinski definition) is 4. The zero-order valence-corrected chi connectivity index (χ0v) is 12.9. The number of nitrogens with zero attached hydrogens (tertiary/aromatic N) is 2. The minimum Gasteiger partial charge on any atom is -0.490 e. The molecule has 1 aromatic carbocycles. The zero-order valence-electron chi connectivity index (χ0n) is 12.9. The number of piperidine rings is 1. The second kappa shape index (κ2) is 7.37. The topological polar surface area (TPSA) is 58.2 Å². The van der Waals surface area contributed by atoms with Crippen molar-refractivity contribution in [1.29, 1.82) is 0 Å². The van der Waals surface area contributed by atoms with Gasteiger partial charge in [0.15, 0.2) is 11.6 Å². The molecule has 2 aromatic rings. The summed E-state index contributed by atoms with van der Waals surface area (Å²) < 4.78 is 19.1. The van der Waals surface area contributed by atoms with Gasteiger partial charge in [-0.1, -0.05) is 12.1 Å². The molecule has 2 heterocycles. The Bertz CT molecular complexity index is 696. The van der Waals surface area contributed by atoms with Gasteiger partial charge in [-0.25, -0.2) is 9.49 Å². The number of H-pyrrole nitrogens is 1. The number of hydrogen-bond donors (Lipinski definition) is 1. The second-order valence-corrected chi connectivity index (χ2v) is 5.87. The molecular weight excluding hydrogens is 297 g/mol. The fourth-order valence-corrected chi connectivity index (χ4v) is 2.82. The van der Waals surface area contributed by atoms with Gasteiger partial charge < -0.3 is 4.74 Å². The third-order valence-electron chi connectivity index (χ3n) is 4.22. The summed E-state index contributed by atoms with van der Waals surface area (Å²) in [5.74, 6) is 0.418. The third-order valence-corrected chi connectivity index (χ3v) is 4.22. The molecule has 5 nitrogen and oxygen atoms in total. The van der Waals surface area contributed by atoms with Crippen LogP contribution in [-0.4, -0.2) is 34.8 Å². The Morgan fingerprint density at radius 1 is 1.26 bits per heavy atom. The molecule has 0 aliphatic carbocycles. The van der Waals surface area contributed by atoms with Gasteiger partial charge in [-0.3, -0.25) is 9.69 Å². The van der Waals surface area contributed by atoms with E-state index in [1.54, 1.807) is 30.5 Å². The molecule has 3 rings (SSSR count). The smallest absolute Gasteiger partial charge is 0.268 e. The first kappa shape index (κ1) is 15.7. The summed E-state index contributed by atoms with van der Waals surface area (Å²) in [7, 11) is 0. The monoisotopic (exact) mass is 317 g/mol. The highest BCUT2D eigenvalue weighted by Gasteiger charge is 2.20. The highest BCUT2D eigenvalue weighted by Crippen LogP contribution is 2.21. The van der Waals surface area contributed by atoms with E-state index in [9.17, 15) is 9.18 Å². The summed E-state index contributed by atoms with van der Waals surface area (Å²) in [6, 6.07) is 8.24. The molecule has 0 saturated carbocycles.